The molecule has 1 aromatic carbocycles. The van der Waals surface area contributed by atoms with Gasteiger partial charge in [-0.25, -0.2) is 0 Å². The van der Waals surface area contributed by atoms with Crippen molar-refractivity contribution in [2.24, 2.45) is 0 Å². The molecule has 0 amide bonds. The number of ether oxygens (including phenoxy) is 1. The highest BCUT2D eigenvalue weighted by molar-refractivity contribution is 5.39. The zero-order valence-corrected chi connectivity index (χ0v) is 11.7. The second-order valence-corrected chi connectivity index (χ2v) is 4.87. The Balaban J connectivity index is 2.47. The molecule has 4 heteroatoms. The van der Waals surface area contributed by atoms with E-state index in [4.69, 9.17) is 4.74 Å². The van der Waals surface area contributed by atoms with Gasteiger partial charge in [0.05, 0.1) is 7.11 Å². The molecular formula is C14H24N2O2. The molecule has 0 spiro atoms. The lowest BCUT2D eigenvalue weighted by Crippen LogP contribution is -2.29. The summed E-state index contributed by atoms with van der Waals surface area (Å²) in [6.45, 7) is 3.86. The van der Waals surface area contributed by atoms with Crippen LogP contribution in [-0.4, -0.2) is 43.8 Å². The number of benzene rings is 1. The Kier molecular flexibility index (Phi) is 5.95. The summed E-state index contributed by atoms with van der Waals surface area (Å²) in [5.41, 5.74) is 0.867. The second kappa shape index (κ2) is 7.24. The van der Waals surface area contributed by atoms with Crippen LogP contribution >= 0.6 is 0 Å². The van der Waals surface area contributed by atoms with Gasteiger partial charge in [-0.1, -0.05) is 0 Å². The van der Waals surface area contributed by atoms with Crippen LogP contribution in [-0.2, 0) is 6.54 Å². The smallest absolute Gasteiger partial charge is 0.120 e. The van der Waals surface area contributed by atoms with E-state index in [0.717, 1.165) is 24.3 Å². The van der Waals surface area contributed by atoms with Crippen LogP contribution in [0.3, 0.4) is 0 Å². The van der Waals surface area contributed by atoms with Gasteiger partial charge in [-0.3, -0.25) is 0 Å². The van der Waals surface area contributed by atoms with Crippen LogP contribution in [0.25, 0.3) is 0 Å². The van der Waals surface area contributed by atoms with Crippen molar-refractivity contribution in [3.8, 4) is 11.5 Å². The van der Waals surface area contributed by atoms with E-state index in [1.807, 2.05) is 6.07 Å². The zero-order valence-electron chi connectivity index (χ0n) is 11.7. The van der Waals surface area contributed by atoms with Crippen LogP contribution in [0.5, 0.6) is 11.5 Å². The fourth-order valence-corrected chi connectivity index (χ4v) is 1.67. The molecule has 1 aromatic rings. The molecule has 18 heavy (non-hydrogen) atoms. The third kappa shape index (κ3) is 4.94. The zero-order chi connectivity index (χ0) is 13.5. The Morgan fingerprint density at radius 3 is 2.72 bits per heavy atom. The van der Waals surface area contributed by atoms with E-state index in [0.29, 0.717) is 18.3 Å². The van der Waals surface area contributed by atoms with E-state index in [1.54, 1.807) is 19.2 Å². The summed E-state index contributed by atoms with van der Waals surface area (Å²) in [5.74, 6) is 1.08. The van der Waals surface area contributed by atoms with Crippen molar-refractivity contribution in [3.63, 3.8) is 0 Å². The van der Waals surface area contributed by atoms with Gasteiger partial charge in [0.1, 0.15) is 11.5 Å². The first-order chi connectivity index (χ1) is 8.52. The molecular weight excluding hydrogens is 228 g/mol. The summed E-state index contributed by atoms with van der Waals surface area (Å²) in [6.07, 6.45) is 1.08. The molecule has 0 radical (unpaired) electrons. The van der Waals surface area contributed by atoms with Crippen molar-refractivity contribution in [3.05, 3.63) is 23.8 Å². The molecule has 2 N–H and O–H groups in total. The largest absolute Gasteiger partial charge is 0.508 e. The maximum atomic E-state index is 9.76. The summed E-state index contributed by atoms with van der Waals surface area (Å²) in [5, 5.41) is 13.2. The highest BCUT2D eigenvalue weighted by Crippen LogP contribution is 2.22. The maximum Gasteiger partial charge on any atom is 0.120 e. The minimum atomic E-state index is 0.308. The van der Waals surface area contributed by atoms with Gasteiger partial charge in [-0.2, -0.15) is 0 Å². The SMILES string of the molecule is COc1ccc(O)c(CNC(C)CCN(C)C)c1. The first-order valence-electron chi connectivity index (χ1n) is 6.27. The van der Waals surface area contributed by atoms with Crippen molar-refractivity contribution >= 4 is 0 Å². The molecule has 0 saturated carbocycles. The van der Waals surface area contributed by atoms with Crippen molar-refractivity contribution in [1.29, 1.82) is 0 Å². The topological polar surface area (TPSA) is 44.7 Å². The average Bonchev–Trinajstić information content (AvgIpc) is 2.35. The Hall–Kier alpha value is -1.26. The Morgan fingerprint density at radius 1 is 1.39 bits per heavy atom. The van der Waals surface area contributed by atoms with Crippen LogP contribution in [0.4, 0.5) is 0 Å². The summed E-state index contributed by atoms with van der Waals surface area (Å²) < 4.78 is 5.15. The van der Waals surface area contributed by atoms with E-state index in [-0.39, 0.29) is 0 Å². The predicted octanol–water partition coefficient (Wildman–Crippen LogP) is 1.83. The molecule has 102 valence electrons. The van der Waals surface area contributed by atoms with E-state index in [1.165, 1.54) is 0 Å². The standard InChI is InChI=1S/C14H24N2O2/c1-11(7-8-16(2)3)15-10-12-9-13(18-4)5-6-14(12)17/h5-6,9,11,15,17H,7-8,10H2,1-4H3. The van der Waals surface area contributed by atoms with Crippen molar-refractivity contribution in [2.45, 2.75) is 25.9 Å². The summed E-state index contributed by atoms with van der Waals surface area (Å²) in [7, 11) is 5.77. The Morgan fingerprint density at radius 2 is 2.11 bits per heavy atom. The molecule has 1 unspecified atom stereocenters. The van der Waals surface area contributed by atoms with Gasteiger partial charge in [-0.15, -0.1) is 0 Å². The number of phenolic OH excluding ortho intramolecular Hbond substituents is 1. The maximum absolute atomic E-state index is 9.76. The van der Waals surface area contributed by atoms with Crippen LogP contribution in [0, 0.1) is 0 Å². The van der Waals surface area contributed by atoms with Crippen molar-refractivity contribution in [2.75, 3.05) is 27.7 Å². The quantitative estimate of drug-likeness (QED) is 0.777. The highest BCUT2D eigenvalue weighted by atomic mass is 16.5. The molecule has 0 saturated heterocycles. The molecule has 0 aliphatic carbocycles. The number of methoxy groups -OCH3 is 1. The van der Waals surface area contributed by atoms with E-state index in [9.17, 15) is 5.11 Å². The van der Waals surface area contributed by atoms with Crippen LogP contribution in [0.2, 0.25) is 0 Å². The number of rotatable bonds is 7. The van der Waals surface area contributed by atoms with Gasteiger partial charge < -0.3 is 20.1 Å². The lowest BCUT2D eigenvalue weighted by Gasteiger charge is -2.17. The monoisotopic (exact) mass is 252 g/mol. The van der Waals surface area contributed by atoms with Crippen LogP contribution in [0.15, 0.2) is 18.2 Å². The number of aromatic hydroxyl groups is 1. The molecule has 0 aliphatic heterocycles. The molecule has 0 fully saturated rings. The third-order valence-corrected chi connectivity index (χ3v) is 2.94. The molecule has 1 atom stereocenters. The first-order valence-corrected chi connectivity index (χ1v) is 6.27. The second-order valence-electron chi connectivity index (χ2n) is 4.87. The third-order valence-electron chi connectivity index (χ3n) is 2.94. The Bertz CT molecular complexity index is 367. The summed E-state index contributed by atoms with van der Waals surface area (Å²) in [4.78, 5) is 2.17. The molecule has 1 rings (SSSR count). The lowest BCUT2D eigenvalue weighted by atomic mass is 10.1. The van der Waals surface area contributed by atoms with Gasteiger partial charge in [0.25, 0.3) is 0 Å². The minimum Gasteiger partial charge on any atom is -0.508 e. The van der Waals surface area contributed by atoms with Crippen molar-refractivity contribution < 1.29 is 9.84 Å². The number of nitrogens with zero attached hydrogens (tertiary/aromatic N) is 1. The molecule has 0 aliphatic rings. The normalized spacial score (nSPS) is 12.7. The average molecular weight is 252 g/mol. The highest BCUT2D eigenvalue weighted by Gasteiger charge is 2.06. The number of phenols is 1. The number of nitrogens with one attached hydrogen (secondary N) is 1. The Labute approximate surface area is 110 Å². The minimum absolute atomic E-state index is 0.308. The van der Waals surface area contributed by atoms with Gasteiger partial charge in [-0.05, 0) is 52.2 Å². The van der Waals surface area contributed by atoms with E-state index < -0.39 is 0 Å². The fraction of sp³-hybridized carbons (Fsp3) is 0.571. The molecule has 0 aromatic heterocycles. The predicted molar refractivity (Wildman–Crippen MR) is 74.1 cm³/mol. The summed E-state index contributed by atoms with van der Waals surface area (Å²) >= 11 is 0. The van der Waals surface area contributed by atoms with Gasteiger partial charge in [0, 0.05) is 18.2 Å². The van der Waals surface area contributed by atoms with Crippen LogP contribution in [0.1, 0.15) is 18.9 Å². The van der Waals surface area contributed by atoms with Crippen LogP contribution < -0.4 is 10.1 Å². The molecule has 0 bridgehead atoms. The first kappa shape index (κ1) is 14.8. The number of hydrogen-bond acceptors (Lipinski definition) is 4. The van der Waals surface area contributed by atoms with E-state index in [2.05, 4.69) is 31.2 Å². The number of hydrogen-bond donors (Lipinski definition) is 2. The summed E-state index contributed by atoms with van der Waals surface area (Å²) in [6, 6.07) is 5.70. The van der Waals surface area contributed by atoms with Crippen molar-refractivity contribution in [1.82, 2.24) is 10.2 Å². The van der Waals surface area contributed by atoms with Gasteiger partial charge >= 0.3 is 0 Å². The van der Waals surface area contributed by atoms with E-state index >= 15 is 0 Å². The molecule has 4 nitrogen and oxygen atoms in total. The van der Waals surface area contributed by atoms with Gasteiger partial charge in [0.15, 0.2) is 0 Å². The molecule has 0 heterocycles. The lowest BCUT2D eigenvalue weighted by molar-refractivity contribution is 0.364. The fourth-order valence-electron chi connectivity index (χ4n) is 1.67. The van der Waals surface area contributed by atoms with Gasteiger partial charge in [0.2, 0.25) is 0 Å².